The van der Waals surface area contributed by atoms with Crippen LogP contribution >= 0.6 is 27.5 Å². The lowest BCUT2D eigenvalue weighted by Gasteiger charge is -2.19. The summed E-state index contributed by atoms with van der Waals surface area (Å²) >= 11 is 10.6. The van der Waals surface area contributed by atoms with Crippen LogP contribution in [0.5, 0.6) is 11.5 Å². The SMILES string of the molecule is Cc1c(COc2cc(OCc3cncc(C#N)c3)c(CNC(CO)C(=O)O)cc2Cl)cccc1-c1cccc(-c2ccc(CN(C)C)cc2)c1Br. The Bertz CT molecular complexity index is 2050. The smallest absolute Gasteiger partial charge is 0.323 e. The first-order chi connectivity index (χ1) is 24.6. The molecule has 0 aliphatic rings. The molecule has 9 nitrogen and oxygen atoms in total. The molecule has 0 radical (unpaired) electrons. The summed E-state index contributed by atoms with van der Waals surface area (Å²) in [5.41, 5.74) is 9.26. The molecule has 51 heavy (non-hydrogen) atoms. The van der Waals surface area contributed by atoms with Crippen LogP contribution in [-0.4, -0.2) is 52.8 Å². The Balaban J connectivity index is 1.39. The number of hydrogen-bond donors (Lipinski definition) is 3. The number of rotatable bonds is 15. The number of nitriles is 1. The average molecular weight is 770 g/mol. The number of ether oxygens (including phenoxy) is 2. The molecule has 0 fully saturated rings. The van der Waals surface area contributed by atoms with Gasteiger partial charge in [0.1, 0.15) is 36.8 Å². The van der Waals surface area contributed by atoms with Crippen molar-refractivity contribution in [3.63, 3.8) is 0 Å². The fourth-order valence-corrected chi connectivity index (χ4v) is 6.56. The second kappa shape index (κ2) is 17.4. The summed E-state index contributed by atoms with van der Waals surface area (Å²) in [6, 6.07) is 26.9. The van der Waals surface area contributed by atoms with Crippen molar-refractivity contribution in [3.8, 4) is 39.8 Å². The van der Waals surface area contributed by atoms with Crippen LogP contribution in [0.3, 0.4) is 0 Å². The Hall–Kier alpha value is -4.76. The number of halogens is 2. The molecule has 5 rings (SSSR count). The standard InChI is InChI=1S/C40H38BrClN4O5/c1-25-30(6-4-7-32(25)34-9-5-8-33(39(34)41)29-12-10-26(11-13-29)21-46(2)3)24-51-38-16-37(50-23-28-14-27(17-43)18-44-19-28)31(15-35(38)42)20-45-36(22-47)40(48)49/h4-16,18-19,36,45,47H,20-24H2,1-3H3,(H,48,49). The Morgan fingerprint density at radius 3 is 2.35 bits per heavy atom. The van der Waals surface area contributed by atoms with E-state index in [2.05, 4.69) is 107 Å². The third-order valence-electron chi connectivity index (χ3n) is 8.33. The van der Waals surface area contributed by atoms with Crippen molar-refractivity contribution in [2.45, 2.75) is 39.3 Å². The molecule has 0 bridgehead atoms. The molecule has 4 aromatic carbocycles. The van der Waals surface area contributed by atoms with E-state index >= 15 is 0 Å². The van der Waals surface area contributed by atoms with Crippen molar-refractivity contribution in [2.24, 2.45) is 0 Å². The topological polar surface area (TPSA) is 128 Å². The van der Waals surface area contributed by atoms with Crippen molar-refractivity contribution in [3.05, 3.63) is 134 Å². The minimum Gasteiger partial charge on any atom is -0.488 e. The Morgan fingerprint density at radius 2 is 1.65 bits per heavy atom. The molecule has 1 aromatic heterocycles. The molecular formula is C40H38BrClN4O5. The van der Waals surface area contributed by atoms with Gasteiger partial charge in [0, 0.05) is 47.1 Å². The van der Waals surface area contributed by atoms with Gasteiger partial charge in [-0.25, -0.2) is 0 Å². The minimum absolute atomic E-state index is 0.0542. The second-order valence-electron chi connectivity index (χ2n) is 12.3. The quantitative estimate of drug-likeness (QED) is 0.0979. The van der Waals surface area contributed by atoms with Crippen LogP contribution in [-0.2, 0) is 31.1 Å². The van der Waals surface area contributed by atoms with Gasteiger partial charge >= 0.3 is 5.97 Å². The summed E-state index contributed by atoms with van der Waals surface area (Å²) in [4.78, 5) is 17.7. The highest BCUT2D eigenvalue weighted by Crippen LogP contribution is 2.39. The van der Waals surface area contributed by atoms with Gasteiger partial charge in [-0.2, -0.15) is 5.26 Å². The number of carboxylic acid groups (broad SMARTS) is 1. The van der Waals surface area contributed by atoms with E-state index < -0.39 is 18.6 Å². The van der Waals surface area contributed by atoms with Crippen LogP contribution in [0.15, 0.2) is 95.7 Å². The van der Waals surface area contributed by atoms with Crippen molar-refractivity contribution < 1.29 is 24.5 Å². The van der Waals surface area contributed by atoms with Gasteiger partial charge in [0.25, 0.3) is 0 Å². The molecule has 0 aliphatic carbocycles. The predicted octanol–water partition coefficient (Wildman–Crippen LogP) is 7.77. The number of aliphatic hydroxyl groups excluding tert-OH is 1. The zero-order valence-electron chi connectivity index (χ0n) is 28.5. The van der Waals surface area contributed by atoms with Gasteiger partial charge in [0.2, 0.25) is 0 Å². The lowest BCUT2D eigenvalue weighted by Crippen LogP contribution is -2.39. The molecule has 0 saturated heterocycles. The molecule has 0 saturated carbocycles. The maximum Gasteiger partial charge on any atom is 0.323 e. The molecule has 0 spiro atoms. The summed E-state index contributed by atoms with van der Waals surface area (Å²) < 4.78 is 13.4. The molecule has 1 unspecified atom stereocenters. The zero-order chi connectivity index (χ0) is 36.5. The largest absolute Gasteiger partial charge is 0.488 e. The molecule has 0 amide bonds. The van der Waals surface area contributed by atoms with Gasteiger partial charge in [-0.3, -0.25) is 15.1 Å². The fraction of sp³-hybridized carbons (Fsp3) is 0.225. The number of nitrogens with zero attached hydrogens (tertiary/aromatic N) is 3. The van der Waals surface area contributed by atoms with E-state index in [1.807, 2.05) is 12.1 Å². The lowest BCUT2D eigenvalue weighted by atomic mass is 9.94. The number of aliphatic hydroxyl groups is 1. The molecular weight excluding hydrogens is 732 g/mol. The van der Waals surface area contributed by atoms with Crippen molar-refractivity contribution in [1.29, 1.82) is 5.26 Å². The molecule has 262 valence electrons. The normalized spacial score (nSPS) is 11.6. The number of nitrogens with one attached hydrogen (secondary N) is 1. The van der Waals surface area contributed by atoms with E-state index in [0.717, 1.165) is 44.4 Å². The first-order valence-corrected chi connectivity index (χ1v) is 17.4. The average Bonchev–Trinajstić information content (AvgIpc) is 3.12. The minimum atomic E-state index is -1.18. The highest BCUT2D eigenvalue weighted by Gasteiger charge is 2.19. The predicted molar refractivity (Wildman–Crippen MR) is 202 cm³/mol. The lowest BCUT2D eigenvalue weighted by molar-refractivity contribution is -0.140. The van der Waals surface area contributed by atoms with Crippen molar-refractivity contribution >= 4 is 33.5 Å². The number of aliphatic carboxylic acids is 1. The number of carbonyl (C=O) groups is 1. The van der Waals surface area contributed by atoms with Gasteiger partial charge in [0.15, 0.2) is 0 Å². The molecule has 0 aliphatic heterocycles. The number of pyridine rings is 1. The number of benzene rings is 4. The zero-order valence-corrected chi connectivity index (χ0v) is 30.8. The van der Waals surface area contributed by atoms with Crippen LogP contribution in [0.1, 0.15) is 33.4 Å². The van der Waals surface area contributed by atoms with E-state index in [-0.39, 0.29) is 19.8 Å². The number of carboxylic acids is 1. The Labute approximate surface area is 311 Å². The summed E-state index contributed by atoms with van der Waals surface area (Å²) in [6.45, 7) is 2.73. The summed E-state index contributed by atoms with van der Waals surface area (Å²) in [5.74, 6) is -0.412. The number of aromatic nitrogens is 1. The van der Waals surface area contributed by atoms with Crippen LogP contribution < -0.4 is 14.8 Å². The third-order valence-corrected chi connectivity index (χ3v) is 9.48. The van der Waals surface area contributed by atoms with Crippen molar-refractivity contribution in [1.82, 2.24) is 15.2 Å². The van der Waals surface area contributed by atoms with Gasteiger partial charge < -0.3 is 24.6 Å². The maximum atomic E-state index is 11.5. The van der Waals surface area contributed by atoms with Gasteiger partial charge in [-0.15, -0.1) is 0 Å². The van der Waals surface area contributed by atoms with E-state index in [9.17, 15) is 20.3 Å². The molecule has 1 atom stereocenters. The summed E-state index contributed by atoms with van der Waals surface area (Å²) in [5, 5.41) is 31.3. The summed E-state index contributed by atoms with van der Waals surface area (Å²) in [7, 11) is 4.12. The number of hydrogen-bond acceptors (Lipinski definition) is 8. The first-order valence-electron chi connectivity index (χ1n) is 16.2. The van der Waals surface area contributed by atoms with E-state index in [1.54, 1.807) is 24.4 Å². The molecule has 5 aromatic rings. The van der Waals surface area contributed by atoms with Crippen LogP contribution in [0.25, 0.3) is 22.3 Å². The van der Waals surface area contributed by atoms with Crippen LogP contribution in [0.2, 0.25) is 5.02 Å². The first kappa shape index (κ1) is 37.5. The Morgan fingerprint density at radius 1 is 0.941 bits per heavy atom. The van der Waals surface area contributed by atoms with Crippen LogP contribution in [0.4, 0.5) is 0 Å². The molecule has 1 heterocycles. The second-order valence-corrected chi connectivity index (χ2v) is 13.5. The van der Waals surface area contributed by atoms with Gasteiger partial charge in [-0.1, -0.05) is 72.3 Å². The highest BCUT2D eigenvalue weighted by molar-refractivity contribution is 9.10. The maximum absolute atomic E-state index is 11.5. The molecule has 3 N–H and O–H groups in total. The highest BCUT2D eigenvalue weighted by atomic mass is 79.9. The van der Waals surface area contributed by atoms with E-state index in [4.69, 9.17) is 21.1 Å². The molecule has 11 heteroatoms. The van der Waals surface area contributed by atoms with Crippen LogP contribution in [0, 0.1) is 18.3 Å². The fourth-order valence-electron chi connectivity index (χ4n) is 5.62. The summed E-state index contributed by atoms with van der Waals surface area (Å²) in [6.07, 6.45) is 3.07. The van der Waals surface area contributed by atoms with Crippen molar-refractivity contribution in [2.75, 3.05) is 20.7 Å². The third kappa shape index (κ3) is 9.52. The van der Waals surface area contributed by atoms with Gasteiger partial charge in [0.05, 0.1) is 17.2 Å². The van der Waals surface area contributed by atoms with E-state index in [0.29, 0.717) is 33.2 Å². The van der Waals surface area contributed by atoms with Gasteiger partial charge in [-0.05, 0) is 88.0 Å². The van der Waals surface area contributed by atoms with E-state index in [1.165, 1.54) is 11.8 Å². The monoisotopic (exact) mass is 768 g/mol. The Kier molecular flexibility index (Phi) is 12.8.